The van der Waals surface area contributed by atoms with Gasteiger partial charge in [-0.1, -0.05) is 27.7 Å². The SMILES string of the molecule is CC1CC(C)C(C)N(S(=O)(=O)CCCNC(C)C)C1. The molecule has 19 heavy (non-hydrogen) atoms. The van der Waals surface area contributed by atoms with E-state index >= 15 is 0 Å². The van der Waals surface area contributed by atoms with E-state index in [1.54, 1.807) is 4.31 Å². The Hall–Kier alpha value is -0.130. The molecule has 1 N–H and O–H groups in total. The molecule has 0 aromatic carbocycles. The average molecular weight is 290 g/mol. The second-order valence-corrected chi connectivity index (χ2v) is 8.45. The van der Waals surface area contributed by atoms with E-state index in [1.807, 2.05) is 6.92 Å². The molecule has 0 spiro atoms. The summed E-state index contributed by atoms with van der Waals surface area (Å²) in [5, 5.41) is 3.27. The van der Waals surface area contributed by atoms with E-state index < -0.39 is 10.0 Å². The Balaban J connectivity index is 2.55. The third kappa shape index (κ3) is 5.04. The van der Waals surface area contributed by atoms with Gasteiger partial charge in [-0.15, -0.1) is 0 Å². The van der Waals surface area contributed by atoms with Crippen molar-refractivity contribution in [3.8, 4) is 0 Å². The summed E-state index contributed by atoms with van der Waals surface area (Å²) in [6.07, 6.45) is 1.81. The molecule has 4 nitrogen and oxygen atoms in total. The van der Waals surface area contributed by atoms with E-state index in [1.165, 1.54) is 0 Å². The van der Waals surface area contributed by atoms with Crippen molar-refractivity contribution >= 4 is 10.0 Å². The van der Waals surface area contributed by atoms with Gasteiger partial charge in [-0.2, -0.15) is 4.31 Å². The van der Waals surface area contributed by atoms with Crippen LogP contribution in [0.4, 0.5) is 0 Å². The highest BCUT2D eigenvalue weighted by Gasteiger charge is 2.35. The first kappa shape index (κ1) is 16.9. The first-order chi connectivity index (χ1) is 8.74. The quantitative estimate of drug-likeness (QED) is 0.762. The van der Waals surface area contributed by atoms with E-state index in [9.17, 15) is 8.42 Å². The molecular weight excluding hydrogens is 260 g/mol. The molecule has 114 valence electrons. The highest BCUT2D eigenvalue weighted by atomic mass is 32.2. The van der Waals surface area contributed by atoms with Crippen LogP contribution in [0.25, 0.3) is 0 Å². The lowest BCUT2D eigenvalue weighted by Gasteiger charge is -2.40. The van der Waals surface area contributed by atoms with Gasteiger partial charge >= 0.3 is 0 Å². The number of rotatable bonds is 6. The molecular formula is C14H30N2O2S. The molecule has 1 heterocycles. The fraction of sp³-hybridized carbons (Fsp3) is 1.00. The molecule has 0 saturated carbocycles. The molecule has 1 fully saturated rings. The minimum Gasteiger partial charge on any atom is -0.314 e. The van der Waals surface area contributed by atoms with Crippen molar-refractivity contribution in [2.45, 2.75) is 59.5 Å². The Morgan fingerprint density at radius 1 is 1.26 bits per heavy atom. The third-order valence-corrected chi connectivity index (χ3v) is 6.03. The normalized spacial score (nSPS) is 29.9. The minimum atomic E-state index is -3.10. The smallest absolute Gasteiger partial charge is 0.214 e. The van der Waals surface area contributed by atoms with Crippen molar-refractivity contribution in [3.05, 3.63) is 0 Å². The van der Waals surface area contributed by atoms with Crippen LogP contribution in [0.2, 0.25) is 0 Å². The molecule has 1 aliphatic rings. The highest BCUT2D eigenvalue weighted by Crippen LogP contribution is 2.29. The molecule has 1 rings (SSSR count). The molecule has 0 amide bonds. The van der Waals surface area contributed by atoms with Crippen LogP contribution in [-0.4, -0.2) is 43.6 Å². The van der Waals surface area contributed by atoms with Crippen LogP contribution in [-0.2, 0) is 10.0 Å². The molecule has 0 aliphatic carbocycles. The van der Waals surface area contributed by atoms with Crippen molar-refractivity contribution in [1.82, 2.24) is 9.62 Å². The Morgan fingerprint density at radius 2 is 1.89 bits per heavy atom. The van der Waals surface area contributed by atoms with Gasteiger partial charge < -0.3 is 5.32 Å². The van der Waals surface area contributed by atoms with E-state index in [2.05, 4.69) is 33.0 Å². The zero-order valence-corrected chi connectivity index (χ0v) is 13.8. The molecule has 0 radical (unpaired) electrons. The Bertz CT molecular complexity index is 368. The highest BCUT2D eigenvalue weighted by molar-refractivity contribution is 7.89. The summed E-state index contributed by atoms with van der Waals surface area (Å²) in [6.45, 7) is 11.9. The zero-order chi connectivity index (χ0) is 14.6. The fourth-order valence-corrected chi connectivity index (χ4v) is 4.73. The number of hydrogen-bond acceptors (Lipinski definition) is 3. The summed E-state index contributed by atoms with van der Waals surface area (Å²) < 4.78 is 26.6. The van der Waals surface area contributed by atoms with Crippen LogP contribution in [0.3, 0.4) is 0 Å². The van der Waals surface area contributed by atoms with Crippen LogP contribution >= 0.6 is 0 Å². The number of piperidine rings is 1. The standard InChI is InChI=1S/C14H30N2O2S/c1-11(2)15-7-6-8-19(17,18)16-10-12(3)9-13(4)14(16)5/h11-15H,6-10H2,1-5H3. The van der Waals surface area contributed by atoms with Gasteiger partial charge in [0.2, 0.25) is 10.0 Å². The lowest BCUT2D eigenvalue weighted by atomic mass is 9.88. The van der Waals surface area contributed by atoms with Crippen molar-refractivity contribution in [1.29, 1.82) is 0 Å². The zero-order valence-electron chi connectivity index (χ0n) is 13.0. The van der Waals surface area contributed by atoms with Crippen molar-refractivity contribution in [3.63, 3.8) is 0 Å². The lowest BCUT2D eigenvalue weighted by Crippen LogP contribution is -2.49. The maximum Gasteiger partial charge on any atom is 0.214 e. The second kappa shape index (κ2) is 7.04. The lowest BCUT2D eigenvalue weighted by molar-refractivity contribution is 0.157. The molecule has 1 aliphatic heterocycles. The van der Waals surface area contributed by atoms with Gasteiger partial charge in [0.1, 0.15) is 0 Å². The predicted molar refractivity (Wildman–Crippen MR) is 80.7 cm³/mol. The Morgan fingerprint density at radius 3 is 2.47 bits per heavy atom. The van der Waals surface area contributed by atoms with Gasteiger partial charge in [-0.05, 0) is 38.1 Å². The van der Waals surface area contributed by atoms with E-state index in [0.717, 1.165) is 13.0 Å². The van der Waals surface area contributed by atoms with Gasteiger partial charge in [-0.25, -0.2) is 8.42 Å². The summed E-state index contributed by atoms with van der Waals surface area (Å²) in [6, 6.07) is 0.552. The van der Waals surface area contributed by atoms with Crippen molar-refractivity contribution in [2.24, 2.45) is 11.8 Å². The molecule has 3 unspecified atom stereocenters. The number of hydrogen-bond donors (Lipinski definition) is 1. The monoisotopic (exact) mass is 290 g/mol. The van der Waals surface area contributed by atoms with Gasteiger partial charge in [0.05, 0.1) is 5.75 Å². The summed E-state index contributed by atoms with van der Waals surface area (Å²) >= 11 is 0. The second-order valence-electron chi connectivity index (χ2n) is 6.41. The van der Waals surface area contributed by atoms with E-state index in [4.69, 9.17) is 0 Å². The molecule has 5 heteroatoms. The summed E-state index contributed by atoms with van der Waals surface area (Å²) in [5.74, 6) is 1.18. The summed E-state index contributed by atoms with van der Waals surface area (Å²) in [7, 11) is -3.10. The van der Waals surface area contributed by atoms with Crippen molar-refractivity contribution < 1.29 is 8.42 Å². The average Bonchev–Trinajstić information content (AvgIpc) is 2.29. The summed E-state index contributed by atoms with van der Waals surface area (Å²) in [4.78, 5) is 0. The molecule has 0 aromatic rings. The fourth-order valence-electron chi connectivity index (χ4n) is 2.79. The number of sulfonamides is 1. The molecule has 3 atom stereocenters. The predicted octanol–water partition coefficient (Wildman–Crippen LogP) is 2.07. The molecule has 1 saturated heterocycles. The Labute approximate surface area is 119 Å². The van der Waals surface area contributed by atoms with E-state index in [0.29, 0.717) is 30.8 Å². The number of nitrogens with zero attached hydrogens (tertiary/aromatic N) is 1. The number of nitrogens with one attached hydrogen (secondary N) is 1. The van der Waals surface area contributed by atoms with Crippen LogP contribution in [0.1, 0.15) is 47.5 Å². The van der Waals surface area contributed by atoms with Gasteiger partial charge in [0, 0.05) is 18.6 Å². The van der Waals surface area contributed by atoms with Gasteiger partial charge in [0.25, 0.3) is 0 Å². The largest absolute Gasteiger partial charge is 0.314 e. The molecule has 0 aromatic heterocycles. The van der Waals surface area contributed by atoms with Gasteiger partial charge in [-0.3, -0.25) is 0 Å². The topological polar surface area (TPSA) is 49.4 Å². The van der Waals surface area contributed by atoms with Crippen molar-refractivity contribution in [2.75, 3.05) is 18.8 Å². The van der Waals surface area contributed by atoms with Gasteiger partial charge in [0.15, 0.2) is 0 Å². The first-order valence-electron chi connectivity index (χ1n) is 7.47. The first-order valence-corrected chi connectivity index (χ1v) is 9.08. The minimum absolute atomic E-state index is 0.138. The van der Waals surface area contributed by atoms with Crippen LogP contribution in [0, 0.1) is 11.8 Å². The summed E-state index contributed by atoms with van der Waals surface area (Å²) in [5.41, 5.74) is 0. The Kier molecular flexibility index (Phi) is 6.27. The van der Waals surface area contributed by atoms with Crippen LogP contribution in [0.5, 0.6) is 0 Å². The van der Waals surface area contributed by atoms with E-state index in [-0.39, 0.29) is 11.8 Å². The maximum absolute atomic E-state index is 12.4. The third-order valence-electron chi connectivity index (χ3n) is 4.03. The van der Waals surface area contributed by atoms with Crippen LogP contribution < -0.4 is 5.32 Å². The van der Waals surface area contributed by atoms with Crippen LogP contribution in [0.15, 0.2) is 0 Å². The molecule has 0 bridgehead atoms. The maximum atomic E-state index is 12.4.